The Morgan fingerprint density at radius 3 is 2.35 bits per heavy atom. The first-order valence-corrected chi connectivity index (χ1v) is 7.34. The van der Waals surface area contributed by atoms with E-state index in [2.05, 4.69) is 0 Å². The van der Waals surface area contributed by atoms with E-state index in [1.807, 2.05) is 13.8 Å². The van der Waals surface area contributed by atoms with Gasteiger partial charge in [0.05, 0.1) is 18.8 Å². The summed E-state index contributed by atoms with van der Waals surface area (Å²) in [5, 5.41) is 0. The van der Waals surface area contributed by atoms with Crippen LogP contribution in [0.25, 0.3) is 0 Å². The number of nitrogens with two attached hydrogens (primary N) is 1. The Kier molecular flexibility index (Phi) is 4.65. The van der Waals surface area contributed by atoms with E-state index in [1.54, 1.807) is 18.2 Å². The van der Waals surface area contributed by atoms with Crippen molar-refractivity contribution >= 4 is 5.78 Å². The van der Waals surface area contributed by atoms with Gasteiger partial charge in [0, 0.05) is 5.56 Å². The smallest absolute Gasteiger partial charge is 0.182 e. The summed E-state index contributed by atoms with van der Waals surface area (Å²) in [4.78, 5) is 12.6. The number of rotatable bonds is 6. The van der Waals surface area contributed by atoms with Gasteiger partial charge in [-0.25, -0.2) is 0 Å². The maximum atomic E-state index is 12.6. The molecule has 4 heteroatoms. The molecule has 0 amide bonds. The number of hydrogen-bond acceptors (Lipinski definition) is 4. The lowest BCUT2D eigenvalue weighted by Gasteiger charge is -2.22. The minimum absolute atomic E-state index is 0.0130. The first-order valence-electron chi connectivity index (χ1n) is 7.34. The highest BCUT2D eigenvalue weighted by molar-refractivity contribution is 6.03. The van der Waals surface area contributed by atoms with Crippen molar-refractivity contribution in [1.82, 2.24) is 0 Å². The summed E-state index contributed by atoms with van der Waals surface area (Å²) in [6, 6.07) is 5.33. The van der Waals surface area contributed by atoms with E-state index in [0.717, 1.165) is 25.7 Å². The fourth-order valence-corrected chi connectivity index (χ4v) is 2.71. The maximum absolute atomic E-state index is 12.6. The second-order valence-electron chi connectivity index (χ2n) is 5.22. The van der Waals surface area contributed by atoms with Gasteiger partial charge in [-0.05, 0) is 44.9 Å². The van der Waals surface area contributed by atoms with Crippen LogP contribution in [0.1, 0.15) is 49.9 Å². The van der Waals surface area contributed by atoms with Crippen molar-refractivity contribution in [3.05, 3.63) is 23.8 Å². The van der Waals surface area contributed by atoms with Crippen molar-refractivity contribution in [3.8, 4) is 11.5 Å². The minimum Gasteiger partial charge on any atom is -0.490 e. The molecule has 0 bridgehead atoms. The highest BCUT2D eigenvalue weighted by Gasteiger charge is 2.37. The second kappa shape index (κ2) is 6.27. The predicted octanol–water partition coefficient (Wildman–Crippen LogP) is 2.94. The molecule has 2 rings (SSSR count). The summed E-state index contributed by atoms with van der Waals surface area (Å²) in [5.74, 6) is 1.30. The van der Waals surface area contributed by atoms with Gasteiger partial charge in [0.25, 0.3) is 0 Å². The van der Waals surface area contributed by atoms with E-state index in [-0.39, 0.29) is 5.78 Å². The monoisotopic (exact) mass is 277 g/mol. The molecule has 0 aromatic heterocycles. The third-order valence-electron chi connectivity index (χ3n) is 3.75. The molecule has 1 aromatic rings. The fourth-order valence-electron chi connectivity index (χ4n) is 2.71. The van der Waals surface area contributed by atoms with Gasteiger partial charge in [0.15, 0.2) is 17.3 Å². The highest BCUT2D eigenvalue weighted by Crippen LogP contribution is 2.34. The van der Waals surface area contributed by atoms with Crippen LogP contribution < -0.4 is 15.2 Å². The van der Waals surface area contributed by atoms with Crippen molar-refractivity contribution in [3.63, 3.8) is 0 Å². The Balaban J connectivity index is 2.28. The number of carbonyl (C=O) groups excluding carboxylic acids is 1. The molecule has 1 aliphatic rings. The summed E-state index contributed by atoms with van der Waals surface area (Å²) >= 11 is 0. The lowest BCUT2D eigenvalue weighted by molar-refractivity contribution is 0.0891. The summed E-state index contributed by atoms with van der Waals surface area (Å²) in [7, 11) is 0. The molecule has 0 unspecified atom stereocenters. The Labute approximate surface area is 120 Å². The molecule has 1 aromatic carbocycles. The second-order valence-corrected chi connectivity index (χ2v) is 5.22. The molecule has 4 nitrogen and oxygen atoms in total. The van der Waals surface area contributed by atoms with Gasteiger partial charge in [-0.2, -0.15) is 0 Å². The zero-order valence-corrected chi connectivity index (χ0v) is 12.3. The van der Waals surface area contributed by atoms with Crippen molar-refractivity contribution in [2.24, 2.45) is 5.73 Å². The molecule has 1 aliphatic carbocycles. The lowest BCUT2D eigenvalue weighted by Crippen LogP contribution is -2.45. The molecule has 0 radical (unpaired) electrons. The first-order chi connectivity index (χ1) is 9.60. The molecule has 20 heavy (non-hydrogen) atoms. The van der Waals surface area contributed by atoms with Gasteiger partial charge in [0.2, 0.25) is 0 Å². The number of carbonyl (C=O) groups is 1. The number of Topliss-reactive ketones (excluding diaryl/α,β-unsaturated/α-hetero) is 1. The SMILES string of the molecule is CCOc1ccc(C(=O)C2(N)CCCC2)cc1OCC. The zero-order chi connectivity index (χ0) is 14.6. The molecule has 0 aliphatic heterocycles. The largest absolute Gasteiger partial charge is 0.490 e. The third kappa shape index (κ3) is 2.96. The van der Waals surface area contributed by atoms with Gasteiger partial charge in [-0.1, -0.05) is 12.8 Å². The van der Waals surface area contributed by atoms with Crippen LogP contribution >= 0.6 is 0 Å². The van der Waals surface area contributed by atoms with Crippen molar-refractivity contribution in [2.45, 2.75) is 45.1 Å². The molecular formula is C16H23NO3. The molecule has 0 heterocycles. The minimum atomic E-state index is -0.698. The average molecular weight is 277 g/mol. The molecule has 0 spiro atoms. The highest BCUT2D eigenvalue weighted by atomic mass is 16.5. The molecule has 0 saturated heterocycles. The van der Waals surface area contributed by atoms with Crippen molar-refractivity contribution < 1.29 is 14.3 Å². The number of ketones is 1. The lowest BCUT2D eigenvalue weighted by atomic mass is 9.88. The van der Waals surface area contributed by atoms with Gasteiger partial charge < -0.3 is 15.2 Å². The maximum Gasteiger partial charge on any atom is 0.182 e. The van der Waals surface area contributed by atoms with Crippen LogP contribution in [0.15, 0.2) is 18.2 Å². The standard InChI is InChI=1S/C16H23NO3/c1-3-19-13-8-7-12(11-14(13)20-4-2)15(18)16(17)9-5-6-10-16/h7-8,11H,3-6,9-10,17H2,1-2H3. The molecule has 2 N–H and O–H groups in total. The van der Waals surface area contributed by atoms with Gasteiger partial charge in [0.1, 0.15) is 0 Å². The molecule has 0 atom stereocenters. The number of hydrogen-bond donors (Lipinski definition) is 1. The average Bonchev–Trinajstić information content (AvgIpc) is 2.89. The quantitative estimate of drug-likeness (QED) is 0.812. The normalized spacial score (nSPS) is 16.9. The third-order valence-corrected chi connectivity index (χ3v) is 3.75. The van der Waals surface area contributed by atoms with Crippen molar-refractivity contribution in [2.75, 3.05) is 13.2 Å². The van der Waals surface area contributed by atoms with Gasteiger partial charge in [-0.15, -0.1) is 0 Å². The molecule has 1 saturated carbocycles. The van der Waals surface area contributed by atoms with E-state index in [0.29, 0.717) is 30.3 Å². The number of ether oxygens (including phenoxy) is 2. The van der Waals surface area contributed by atoms with E-state index in [4.69, 9.17) is 15.2 Å². The predicted molar refractivity (Wildman–Crippen MR) is 78.5 cm³/mol. The van der Waals surface area contributed by atoms with Crippen LogP contribution in [0.5, 0.6) is 11.5 Å². The first kappa shape index (κ1) is 14.9. The van der Waals surface area contributed by atoms with Crippen LogP contribution in [-0.2, 0) is 0 Å². The van der Waals surface area contributed by atoms with E-state index in [1.165, 1.54) is 0 Å². The molecule has 1 fully saturated rings. The van der Waals surface area contributed by atoms with Crippen LogP contribution in [0.3, 0.4) is 0 Å². The summed E-state index contributed by atoms with van der Waals surface area (Å²) in [5.41, 5.74) is 6.15. The van der Waals surface area contributed by atoms with Crippen LogP contribution in [0, 0.1) is 0 Å². The Morgan fingerprint density at radius 1 is 1.15 bits per heavy atom. The summed E-state index contributed by atoms with van der Waals surface area (Å²) in [6.07, 6.45) is 3.58. The van der Waals surface area contributed by atoms with Gasteiger partial charge in [-0.3, -0.25) is 4.79 Å². The zero-order valence-electron chi connectivity index (χ0n) is 12.3. The van der Waals surface area contributed by atoms with E-state index in [9.17, 15) is 4.79 Å². The van der Waals surface area contributed by atoms with E-state index < -0.39 is 5.54 Å². The summed E-state index contributed by atoms with van der Waals surface area (Å²) < 4.78 is 11.1. The van der Waals surface area contributed by atoms with Crippen LogP contribution in [0.4, 0.5) is 0 Å². The number of benzene rings is 1. The Hall–Kier alpha value is -1.55. The molecular weight excluding hydrogens is 254 g/mol. The molecule has 110 valence electrons. The van der Waals surface area contributed by atoms with Gasteiger partial charge >= 0.3 is 0 Å². The Bertz CT molecular complexity index is 479. The Morgan fingerprint density at radius 2 is 1.75 bits per heavy atom. The van der Waals surface area contributed by atoms with Crippen molar-refractivity contribution in [1.29, 1.82) is 0 Å². The van der Waals surface area contributed by atoms with E-state index >= 15 is 0 Å². The fraction of sp³-hybridized carbons (Fsp3) is 0.562. The van der Waals surface area contributed by atoms with Crippen LogP contribution in [0.2, 0.25) is 0 Å². The summed E-state index contributed by atoms with van der Waals surface area (Å²) in [6.45, 7) is 4.92. The van der Waals surface area contributed by atoms with Crippen LogP contribution in [-0.4, -0.2) is 24.5 Å². The topological polar surface area (TPSA) is 61.5 Å².